The number of carbonyl (C=O) groups is 1. The maximum Gasteiger partial charge on any atom is 0.266 e. The third-order valence-electron chi connectivity index (χ3n) is 4.88. The van der Waals surface area contributed by atoms with Crippen molar-refractivity contribution < 1.29 is 9.53 Å². The minimum atomic E-state index is -0.109. The molecule has 4 aromatic rings. The molecule has 31 heavy (non-hydrogen) atoms. The Hall–Kier alpha value is -3.38. The Morgan fingerprint density at radius 2 is 1.77 bits per heavy atom. The van der Waals surface area contributed by atoms with Gasteiger partial charge in [0.25, 0.3) is 5.56 Å². The molecule has 3 aromatic carbocycles. The summed E-state index contributed by atoms with van der Waals surface area (Å²) in [5.74, 6) is 1.24. The molecule has 0 bridgehead atoms. The molecule has 1 aromatic heterocycles. The summed E-state index contributed by atoms with van der Waals surface area (Å²) < 4.78 is 7.40. The van der Waals surface area contributed by atoms with Crippen molar-refractivity contribution >= 4 is 28.4 Å². The van der Waals surface area contributed by atoms with Crippen LogP contribution < -0.4 is 10.3 Å². The number of benzene rings is 3. The molecule has 0 saturated carbocycles. The largest absolute Gasteiger partial charge is 0.494 e. The number of Topliss-reactive ketones (excluding diaryl/α,β-unsaturated/α-hetero) is 1. The van der Waals surface area contributed by atoms with Gasteiger partial charge in [0.1, 0.15) is 5.75 Å². The molecule has 0 aliphatic carbocycles. The smallest absolute Gasteiger partial charge is 0.266 e. The first-order chi connectivity index (χ1) is 15.1. The van der Waals surface area contributed by atoms with Crippen LogP contribution in [0.15, 0.2) is 82.7 Å². The SMILES string of the molecule is CCOc1ccc(C(C)=O)cc1CSc1nc2ccccc2c(=O)n1-c1ccccc1. The first-order valence-electron chi connectivity index (χ1n) is 10.0. The van der Waals surface area contributed by atoms with Crippen LogP contribution in [0.3, 0.4) is 0 Å². The zero-order valence-electron chi connectivity index (χ0n) is 17.4. The Morgan fingerprint density at radius 1 is 1.03 bits per heavy atom. The summed E-state index contributed by atoms with van der Waals surface area (Å²) in [6, 6.07) is 22.3. The highest BCUT2D eigenvalue weighted by molar-refractivity contribution is 7.98. The highest BCUT2D eigenvalue weighted by atomic mass is 32.2. The maximum absolute atomic E-state index is 13.3. The Labute approximate surface area is 184 Å². The van der Waals surface area contributed by atoms with E-state index in [-0.39, 0.29) is 11.3 Å². The maximum atomic E-state index is 13.3. The zero-order chi connectivity index (χ0) is 21.8. The highest BCUT2D eigenvalue weighted by Gasteiger charge is 2.15. The first-order valence-corrected chi connectivity index (χ1v) is 11.0. The third kappa shape index (κ3) is 4.39. The minimum Gasteiger partial charge on any atom is -0.494 e. The number of fused-ring (bicyclic) bond motifs is 1. The van der Waals surface area contributed by atoms with E-state index in [1.165, 1.54) is 11.8 Å². The minimum absolute atomic E-state index is 0.000627. The average Bonchev–Trinajstić information content (AvgIpc) is 2.79. The van der Waals surface area contributed by atoms with E-state index in [4.69, 9.17) is 9.72 Å². The van der Waals surface area contributed by atoms with E-state index in [9.17, 15) is 9.59 Å². The summed E-state index contributed by atoms with van der Waals surface area (Å²) in [5, 5.41) is 1.16. The molecule has 0 aliphatic heterocycles. The van der Waals surface area contributed by atoms with Crippen LogP contribution in [-0.4, -0.2) is 21.9 Å². The highest BCUT2D eigenvalue weighted by Crippen LogP contribution is 2.30. The molecule has 1 heterocycles. The molecular weight excluding hydrogens is 408 g/mol. The molecule has 0 spiro atoms. The summed E-state index contributed by atoms with van der Waals surface area (Å²) in [6.07, 6.45) is 0. The van der Waals surface area contributed by atoms with Gasteiger partial charge in [-0.05, 0) is 56.3 Å². The van der Waals surface area contributed by atoms with Crippen LogP contribution in [0.5, 0.6) is 5.75 Å². The van der Waals surface area contributed by atoms with Gasteiger partial charge in [-0.25, -0.2) is 4.98 Å². The molecule has 5 nitrogen and oxygen atoms in total. The Kier molecular flexibility index (Phi) is 6.18. The van der Waals surface area contributed by atoms with Crippen LogP contribution in [0.2, 0.25) is 0 Å². The molecule has 0 saturated heterocycles. The van der Waals surface area contributed by atoms with Gasteiger partial charge in [-0.2, -0.15) is 0 Å². The van der Waals surface area contributed by atoms with Crippen molar-refractivity contribution in [3.63, 3.8) is 0 Å². The zero-order valence-corrected chi connectivity index (χ0v) is 18.2. The van der Waals surface area contributed by atoms with Crippen molar-refractivity contribution in [2.45, 2.75) is 24.8 Å². The number of para-hydroxylation sites is 2. The predicted octanol–water partition coefficient (Wildman–Crippen LogP) is 5.28. The van der Waals surface area contributed by atoms with Crippen LogP contribution in [0.1, 0.15) is 29.8 Å². The number of carbonyl (C=O) groups excluding carboxylic acids is 1. The number of thioether (sulfide) groups is 1. The van der Waals surface area contributed by atoms with E-state index in [1.807, 2.05) is 67.6 Å². The van der Waals surface area contributed by atoms with Gasteiger partial charge in [0.2, 0.25) is 0 Å². The Morgan fingerprint density at radius 3 is 2.52 bits per heavy atom. The number of ketones is 1. The molecule has 0 fully saturated rings. The summed E-state index contributed by atoms with van der Waals surface area (Å²) in [4.78, 5) is 30.0. The van der Waals surface area contributed by atoms with Crippen molar-refractivity contribution in [1.82, 2.24) is 9.55 Å². The molecule has 0 atom stereocenters. The number of rotatable bonds is 7. The van der Waals surface area contributed by atoms with Gasteiger partial charge in [-0.15, -0.1) is 0 Å². The summed E-state index contributed by atoms with van der Waals surface area (Å²) in [5.41, 5.74) is 2.83. The third-order valence-corrected chi connectivity index (χ3v) is 5.87. The lowest BCUT2D eigenvalue weighted by Crippen LogP contribution is -2.21. The predicted molar refractivity (Wildman–Crippen MR) is 125 cm³/mol. The molecule has 156 valence electrons. The molecule has 0 radical (unpaired) electrons. The normalized spacial score (nSPS) is 10.9. The Balaban J connectivity index is 1.80. The molecule has 4 rings (SSSR count). The summed E-state index contributed by atoms with van der Waals surface area (Å²) in [6.45, 7) is 4.00. The second-order valence-corrected chi connectivity index (χ2v) is 7.93. The fourth-order valence-corrected chi connectivity index (χ4v) is 4.35. The van der Waals surface area contributed by atoms with E-state index >= 15 is 0 Å². The molecule has 0 N–H and O–H groups in total. The molecule has 0 unspecified atom stereocenters. The average molecular weight is 431 g/mol. The van der Waals surface area contributed by atoms with Crippen LogP contribution in [0.4, 0.5) is 0 Å². The second kappa shape index (κ2) is 9.18. The van der Waals surface area contributed by atoms with Gasteiger partial charge in [0.05, 0.1) is 23.2 Å². The molecule has 0 aliphatic rings. The van der Waals surface area contributed by atoms with E-state index in [1.54, 1.807) is 23.6 Å². The van der Waals surface area contributed by atoms with Crippen LogP contribution in [-0.2, 0) is 5.75 Å². The lowest BCUT2D eigenvalue weighted by Gasteiger charge is -2.15. The van der Waals surface area contributed by atoms with Crippen molar-refractivity contribution in [3.05, 3.63) is 94.3 Å². The van der Waals surface area contributed by atoms with Gasteiger partial charge >= 0.3 is 0 Å². The van der Waals surface area contributed by atoms with E-state index in [0.717, 1.165) is 17.0 Å². The number of nitrogens with zero attached hydrogens (tertiary/aromatic N) is 2. The van der Waals surface area contributed by atoms with Gasteiger partial charge < -0.3 is 4.74 Å². The fourth-order valence-electron chi connectivity index (χ4n) is 3.36. The second-order valence-electron chi connectivity index (χ2n) is 6.99. The topological polar surface area (TPSA) is 61.2 Å². The number of aromatic nitrogens is 2. The first kappa shape index (κ1) is 20.9. The van der Waals surface area contributed by atoms with Crippen molar-refractivity contribution in [2.75, 3.05) is 6.61 Å². The number of ether oxygens (including phenoxy) is 1. The lowest BCUT2D eigenvalue weighted by molar-refractivity contribution is 0.101. The van der Waals surface area contributed by atoms with Crippen molar-refractivity contribution in [3.8, 4) is 11.4 Å². The van der Waals surface area contributed by atoms with E-state index in [2.05, 4.69) is 0 Å². The monoisotopic (exact) mass is 430 g/mol. The quantitative estimate of drug-likeness (QED) is 0.227. The molecule has 0 amide bonds. The van der Waals surface area contributed by atoms with Gasteiger partial charge in [-0.3, -0.25) is 14.2 Å². The van der Waals surface area contributed by atoms with Crippen LogP contribution >= 0.6 is 11.8 Å². The number of hydrogen-bond donors (Lipinski definition) is 0. The molecular formula is C25H22N2O3S. The van der Waals surface area contributed by atoms with Gasteiger partial charge in [-0.1, -0.05) is 42.1 Å². The molecule has 6 heteroatoms. The van der Waals surface area contributed by atoms with Crippen molar-refractivity contribution in [2.24, 2.45) is 0 Å². The standard InChI is InChI=1S/C25H22N2O3S/c1-3-30-23-14-13-18(17(2)28)15-19(23)16-31-25-26-22-12-8-7-11-21(22)24(29)27(25)20-9-5-4-6-10-20/h4-15H,3,16H2,1-2H3. The summed E-state index contributed by atoms with van der Waals surface area (Å²) >= 11 is 1.44. The fraction of sp³-hybridized carbons (Fsp3) is 0.160. The van der Waals surface area contributed by atoms with Crippen molar-refractivity contribution in [1.29, 1.82) is 0 Å². The lowest BCUT2D eigenvalue weighted by atomic mass is 10.1. The van der Waals surface area contributed by atoms with E-state index in [0.29, 0.717) is 34.0 Å². The van der Waals surface area contributed by atoms with Crippen LogP contribution in [0.25, 0.3) is 16.6 Å². The summed E-state index contributed by atoms with van der Waals surface area (Å²) in [7, 11) is 0. The van der Waals surface area contributed by atoms with Gasteiger partial charge in [0.15, 0.2) is 10.9 Å². The Bertz CT molecular complexity index is 1300. The van der Waals surface area contributed by atoms with Gasteiger partial charge in [0, 0.05) is 16.9 Å². The van der Waals surface area contributed by atoms with E-state index < -0.39 is 0 Å². The van der Waals surface area contributed by atoms with Crippen LogP contribution in [0, 0.1) is 0 Å². The number of hydrogen-bond acceptors (Lipinski definition) is 5.